The molecule has 148 valence electrons. The van der Waals surface area contributed by atoms with Crippen molar-refractivity contribution in [3.05, 3.63) is 64.4 Å². The van der Waals surface area contributed by atoms with Gasteiger partial charge in [0.15, 0.2) is 0 Å². The average Bonchev–Trinajstić information content (AvgIpc) is 3.49. The summed E-state index contributed by atoms with van der Waals surface area (Å²) in [5, 5.41) is 11.1. The van der Waals surface area contributed by atoms with E-state index in [0.29, 0.717) is 13.1 Å². The lowest BCUT2D eigenvalue weighted by molar-refractivity contribution is -0.138. The van der Waals surface area contributed by atoms with E-state index in [1.807, 2.05) is 35.4 Å². The Balaban J connectivity index is 1.51. The van der Waals surface area contributed by atoms with Crippen molar-refractivity contribution in [3.8, 4) is 0 Å². The molecule has 4 rings (SSSR count). The zero-order valence-electron chi connectivity index (χ0n) is 16.1. The molecule has 2 saturated carbocycles. The first-order valence-corrected chi connectivity index (χ1v) is 11.0. The quantitative estimate of drug-likeness (QED) is 0.706. The number of hydrogen-bond acceptors (Lipinski definition) is 3. The van der Waals surface area contributed by atoms with Crippen LogP contribution in [-0.2, 0) is 11.3 Å². The van der Waals surface area contributed by atoms with Gasteiger partial charge < -0.3 is 10.0 Å². The minimum absolute atomic E-state index is 0.00328. The van der Waals surface area contributed by atoms with Gasteiger partial charge in [-0.15, -0.1) is 0 Å². The zero-order valence-corrected chi connectivity index (χ0v) is 17.6. The van der Waals surface area contributed by atoms with Gasteiger partial charge in [-0.05, 0) is 54.5 Å². The molecule has 0 saturated heterocycles. The number of rotatable bonds is 6. The number of carbonyl (C=O) groups excluding carboxylic acids is 1. The highest BCUT2D eigenvalue weighted by atomic mass is 79.9. The minimum Gasteiger partial charge on any atom is -0.388 e. The fourth-order valence-corrected chi connectivity index (χ4v) is 4.90. The van der Waals surface area contributed by atoms with E-state index in [9.17, 15) is 9.90 Å². The van der Waals surface area contributed by atoms with Crippen molar-refractivity contribution in [1.29, 1.82) is 0 Å². The van der Waals surface area contributed by atoms with Gasteiger partial charge in [-0.3, -0.25) is 9.78 Å². The van der Waals surface area contributed by atoms with Crippen molar-refractivity contribution in [2.45, 2.75) is 56.6 Å². The van der Waals surface area contributed by atoms with Gasteiger partial charge in [0.05, 0.1) is 5.60 Å². The fourth-order valence-electron chi connectivity index (χ4n) is 4.46. The van der Waals surface area contributed by atoms with E-state index in [0.717, 1.165) is 47.7 Å². The number of aromatic nitrogens is 1. The van der Waals surface area contributed by atoms with Crippen molar-refractivity contribution in [2.24, 2.45) is 5.92 Å². The summed E-state index contributed by atoms with van der Waals surface area (Å²) in [6, 6.07) is 12.1. The number of benzene rings is 1. The van der Waals surface area contributed by atoms with Gasteiger partial charge in [-0.1, -0.05) is 53.4 Å². The van der Waals surface area contributed by atoms with Crippen molar-refractivity contribution < 1.29 is 9.90 Å². The standard InChI is InChI=1S/C23H27BrN2O2/c24-19-8-4-6-17(12-19)15-26(16-23(28)9-2-1-3-10-23)22(27)21-13-20(21)18-7-5-11-25-14-18/h4-8,11-12,14,20-21,28H,1-3,9-10,13,15-16H2/t20-,21-/m0/s1. The molecule has 0 unspecified atom stereocenters. The van der Waals surface area contributed by atoms with Crippen molar-refractivity contribution in [1.82, 2.24) is 9.88 Å². The summed E-state index contributed by atoms with van der Waals surface area (Å²) in [4.78, 5) is 19.5. The Morgan fingerprint density at radius 2 is 2.04 bits per heavy atom. The molecular weight excluding hydrogens is 416 g/mol. The molecule has 0 spiro atoms. The number of nitrogens with zero attached hydrogens (tertiary/aromatic N) is 2. The first-order valence-electron chi connectivity index (χ1n) is 10.2. The molecule has 1 aromatic carbocycles. The number of amides is 1. The van der Waals surface area contributed by atoms with E-state index < -0.39 is 5.60 Å². The molecule has 1 heterocycles. The highest BCUT2D eigenvalue weighted by molar-refractivity contribution is 9.10. The molecule has 2 aromatic rings. The van der Waals surface area contributed by atoms with Gasteiger partial charge in [0.2, 0.25) is 5.91 Å². The van der Waals surface area contributed by atoms with Crippen LogP contribution in [0.3, 0.4) is 0 Å². The third-order valence-corrected chi connectivity index (χ3v) is 6.56. The predicted molar refractivity (Wildman–Crippen MR) is 113 cm³/mol. The molecular formula is C23H27BrN2O2. The summed E-state index contributed by atoms with van der Waals surface area (Å²) in [6.45, 7) is 0.964. The van der Waals surface area contributed by atoms with Crippen LogP contribution in [0.15, 0.2) is 53.3 Å². The van der Waals surface area contributed by atoms with Crippen LogP contribution < -0.4 is 0 Å². The summed E-state index contributed by atoms with van der Waals surface area (Å²) in [5.74, 6) is 0.420. The number of halogens is 1. The summed E-state index contributed by atoms with van der Waals surface area (Å²) >= 11 is 3.52. The third-order valence-electron chi connectivity index (χ3n) is 6.06. The van der Waals surface area contributed by atoms with Crippen LogP contribution in [0.5, 0.6) is 0 Å². The first-order chi connectivity index (χ1) is 13.5. The van der Waals surface area contributed by atoms with Crippen molar-refractivity contribution in [3.63, 3.8) is 0 Å². The Morgan fingerprint density at radius 3 is 2.75 bits per heavy atom. The Morgan fingerprint density at radius 1 is 1.21 bits per heavy atom. The van der Waals surface area contributed by atoms with E-state index >= 15 is 0 Å². The Bertz CT molecular complexity index is 820. The van der Waals surface area contributed by atoms with Crippen LogP contribution in [-0.4, -0.2) is 33.0 Å². The summed E-state index contributed by atoms with van der Waals surface area (Å²) < 4.78 is 1.01. The van der Waals surface area contributed by atoms with Gasteiger partial charge in [-0.2, -0.15) is 0 Å². The Kier molecular flexibility index (Phi) is 5.83. The normalized spacial score (nSPS) is 23.2. The van der Waals surface area contributed by atoms with Crippen LogP contribution in [0.2, 0.25) is 0 Å². The molecule has 4 nitrogen and oxygen atoms in total. The Hall–Kier alpha value is -1.72. The second kappa shape index (κ2) is 8.34. The summed E-state index contributed by atoms with van der Waals surface area (Å²) in [5.41, 5.74) is 1.47. The highest BCUT2D eigenvalue weighted by Gasteiger charge is 2.47. The smallest absolute Gasteiger partial charge is 0.226 e. The maximum absolute atomic E-state index is 13.4. The second-order valence-electron chi connectivity index (χ2n) is 8.34. The van der Waals surface area contributed by atoms with Gasteiger partial charge >= 0.3 is 0 Å². The molecule has 2 fully saturated rings. The predicted octanol–water partition coefficient (Wildman–Crippen LogP) is 4.67. The molecule has 1 amide bonds. The number of carbonyl (C=O) groups is 1. The molecule has 1 aromatic heterocycles. The van der Waals surface area contributed by atoms with Gasteiger partial charge in [0.25, 0.3) is 0 Å². The minimum atomic E-state index is -0.751. The number of aliphatic hydroxyl groups is 1. The molecule has 2 aliphatic carbocycles. The molecule has 0 radical (unpaired) electrons. The second-order valence-corrected chi connectivity index (χ2v) is 9.26. The van der Waals surface area contributed by atoms with Crippen LogP contribution in [0.1, 0.15) is 55.6 Å². The maximum Gasteiger partial charge on any atom is 0.226 e. The first kappa shape index (κ1) is 19.6. The van der Waals surface area contributed by atoms with E-state index in [-0.39, 0.29) is 17.7 Å². The molecule has 0 bridgehead atoms. The largest absolute Gasteiger partial charge is 0.388 e. The molecule has 28 heavy (non-hydrogen) atoms. The third kappa shape index (κ3) is 4.64. The van der Waals surface area contributed by atoms with E-state index in [1.165, 1.54) is 6.42 Å². The Labute approximate surface area is 175 Å². The van der Waals surface area contributed by atoms with Crippen molar-refractivity contribution in [2.75, 3.05) is 6.54 Å². The lowest BCUT2D eigenvalue weighted by Crippen LogP contribution is -2.47. The van der Waals surface area contributed by atoms with Crippen LogP contribution in [0.4, 0.5) is 0 Å². The number of hydrogen-bond donors (Lipinski definition) is 1. The summed E-state index contributed by atoms with van der Waals surface area (Å²) in [7, 11) is 0. The van der Waals surface area contributed by atoms with Gasteiger partial charge in [0.1, 0.15) is 0 Å². The fraction of sp³-hybridized carbons (Fsp3) is 0.478. The lowest BCUT2D eigenvalue weighted by atomic mass is 9.84. The van der Waals surface area contributed by atoms with E-state index in [2.05, 4.69) is 33.0 Å². The lowest BCUT2D eigenvalue weighted by Gasteiger charge is -2.37. The summed E-state index contributed by atoms with van der Waals surface area (Å²) in [6.07, 6.45) is 9.32. The number of pyridine rings is 1. The molecule has 2 atom stereocenters. The topological polar surface area (TPSA) is 53.4 Å². The SMILES string of the molecule is O=C([C@H]1C[C@H]1c1cccnc1)N(Cc1cccc(Br)c1)CC1(O)CCCCC1. The van der Waals surface area contributed by atoms with Crippen LogP contribution in [0, 0.1) is 5.92 Å². The van der Waals surface area contributed by atoms with Crippen LogP contribution in [0.25, 0.3) is 0 Å². The highest BCUT2D eigenvalue weighted by Crippen LogP contribution is 2.48. The molecule has 2 aliphatic rings. The van der Waals surface area contributed by atoms with Gasteiger partial charge in [0, 0.05) is 35.9 Å². The monoisotopic (exact) mass is 442 g/mol. The van der Waals surface area contributed by atoms with Gasteiger partial charge in [-0.25, -0.2) is 0 Å². The average molecular weight is 443 g/mol. The van der Waals surface area contributed by atoms with E-state index in [1.54, 1.807) is 6.20 Å². The van der Waals surface area contributed by atoms with Crippen LogP contribution >= 0.6 is 15.9 Å². The molecule has 5 heteroatoms. The van der Waals surface area contributed by atoms with Crippen molar-refractivity contribution >= 4 is 21.8 Å². The van der Waals surface area contributed by atoms with E-state index in [4.69, 9.17) is 0 Å². The maximum atomic E-state index is 13.4. The molecule has 0 aliphatic heterocycles. The zero-order chi connectivity index (χ0) is 19.6. The molecule has 1 N–H and O–H groups in total.